The highest BCUT2D eigenvalue weighted by molar-refractivity contribution is 6.45. The van der Waals surface area contributed by atoms with E-state index in [-0.39, 0.29) is 41.5 Å². The van der Waals surface area contributed by atoms with Crippen LogP contribution < -0.4 is 14.4 Å². The van der Waals surface area contributed by atoms with Crippen molar-refractivity contribution in [3.05, 3.63) is 63.8 Å². The molecular weight excluding hydrogens is 406 g/mol. The highest BCUT2D eigenvalue weighted by Gasteiger charge is 2.43. The number of amides is 2. The van der Waals surface area contributed by atoms with Crippen LogP contribution in [0.15, 0.2) is 48.2 Å². The Bertz CT molecular complexity index is 1060. The maximum atomic E-state index is 13.5. The van der Waals surface area contributed by atoms with Gasteiger partial charge < -0.3 is 19.5 Å². The molecule has 0 atom stereocenters. The van der Waals surface area contributed by atoms with E-state index in [1.54, 1.807) is 19.2 Å². The van der Waals surface area contributed by atoms with Crippen molar-refractivity contribution in [2.75, 3.05) is 39.3 Å². The van der Waals surface area contributed by atoms with Gasteiger partial charge in [-0.1, -0.05) is 0 Å². The largest absolute Gasteiger partial charge is 0.497 e. The Labute approximate surface area is 178 Å². The minimum Gasteiger partial charge on any atom is -0.497 e. The van der Waals surface area contributed by atoms with Gasteiger partial charge in [0.2, 0.25) is 0 Å². The molecule has 0 aromatic heterocycles. The lowest BCUT2D eigenvalue weighted by Gasteiger charge is -2.21. The van der Waals surface area contributed by atoms with Crippen LogP contribution >= 0.6 is 0 Å². The van der Waals surface area contributed by atoms with Gasteiger partial charge in [-0.25, -0.2) is 4.90 Å². The van der Waals surface area contributed by atoms with E-state index in [1.807, 2.05) is 0 Å². The lowest BCUT2D eigenvalue weighted by Crippen LogP contribution is -2.35. The number of nitrogens with zero attached hydrogens (tertiary/aromatic N) is 3. The number of methoxy groups -OCH3 is 2. The Kier molecular flexibility index (Phi) is 6.21. The number of hydrogen-bond acceptors (Lipinski definition) is 8. The van der Waals surface area contributed by atoms with E-state index in [0.717, 1.165) is 4.90 Å². The third kappa shape index (κ3) is 3.92. The molecule has 1 heterocycles. The number of imide groups is 1. The normalized spacial score (nSPS) is 13.6. The van der Waals surface area contributed by atoms with Crippen molar-refractivity contribution in [3.63, 3.8) is 0 Å². The molecule has 0 aliphatic carbocycles. The number of nitro groups is 1. The number of rotatable bonds is 8. The molecule has 162 valence electrons. The van der Waals surface area contributed by atoms with Crippen molar-refractivity contribution in [1.82, 2.24) is 4.90 Å². The highest BCUT2D eigenvalue weighted by atomic mass is 16.6. The molecule has 1 N–H and O–H groups in total. The average molecular weight is 427 g/mol. The highest BCUT2D eigenvalue weighted by Crippen LogP contribution is 2.40. The number of anilines is 1. The van der Waals surface area contributed by atoms with Crippen LogP contribution in [0.2, 0.25) is 0 Å². The summed E-state index contributed by atoms with van der Waals surface area (Å²) in [5.74, 6) is -0.520. The van der Waals surface area contributed by atoms with Crippen LogP contribution in [0.25, 0.3) is 5.57 Å². The second-order valence-electron chi connectivity index (χ2n) is 6.66. The molecule has 31 heavy (non-hydrogen) atoms. The molecule has 0 bridgehead atoms. The number of benzene rings is 2. The first-order valence-corrected chi connectivity index (χ1v) is 9.26. The number of hydrogen-bond donors (Lipinski definition) is 1. The number of nitro benzene ring substituents is 1. The number of likely N-dealkylation sites (N-methyl/N-ethyl adjacent to an activating group) is 1. The zero-order chi connectivity index (χ0) is 22.7. The van der Waals surface area contributed by atoms with Gasteiger partial charge in [-0.2, -0.15) is 0 Å². The monoisotopic (exact) mass is 427 g/mol. The molecule has 0 spiro atoms. The first kappa shape index (κ1) is 21.8. The van der Waals surface area contributed by atoms with E-state index in [9.17, 15) is 24.8 Å². The second-order valence-corrected chi connectivity index (χ2v) is 6.66. The molecule has 0 saturated heterocycles. The number of aliphatic hydroxyl groups is 1. The Morgan fingerprint density at radius 3 is 2.29 bits per heavy atom. The molecule has 0 radical (unpaired) electrons. The smallest absolute Gasteiger partial charge is 0.282 e. The molecule has 3 rings (SSSR count). The fraction of sp³-hybridized carbons (Fsp3) is 0.238. The summed E-state index contributed by atoms with van der Waals surface area (Å²) in [6.45, 7) is -0.134. The third-order valence-corrected chi connectivity index (χ3v) is 4.87. The Morgan fingerprint density at radius 2 is 1.74 bits per heavy atom. The van der Waals surface area contributed by atoms with Gasteiger partial charge in [-0.05, 0) is 29.8 Å². The quantitative estimate of drug-likeness (QED) is 0.385. The first-order chi connectivity index (χ1) is 14.8. The van der Waals surface area contributed by atoms with E-state index in [4.69, 9.17) is 9.47 Å². The van der Waals surface area contributed by atoms with Gasteiger partial charge in [0.25, 0.3) is 17.5 Å². The minimum atomic E-state index is -0.620. The third-order valence-electron chi connectivity index (χ3n) is 4.87. The molecule has 0 fully saturated rings. The van der Waals surface area contributed by atoms with E-state index in [1.165, 1.54) is 49.5 Å². The van der Waals surface area contributed by atoms with Crippen LogP contribution in [0.5, 0.6) is 11.5 Å². The lowest BCUT2D eigenvalue weighted by atomic mass is 10.0. The predicted octanol–water partition coefficient (Wildman–Crippen LogP) is 1.82. The summed E-state index contributed by atoms with van der Waals surface area (Å²) in [7, 11) is 4.45. The SMILES string of the molecule is COc1ccc(OC)c(N2C(=O)C(c3ccc([N+](=O)[O-])cc3)=C(N(C)CCO)C2=O)c1. The van der Waals surface area contributed by atoms with Gasteiger partial charge >= 0.3 is 0 Å². The summed E-state index contributed by atoms with van der Waals surface area (Å²) < 4.78 is 10.5. The van der Waals surface area contributed by atoms with E-state index in [0.29, 0.717) is 11.3 Å². The van der Waals surface area contributed by atoms with Crippen molar-refractivity contribution >= 4 is 28.8 Å². The molecule has 10 heteroatoms. The summed E-state index contributed by atoms with van der Waals surface area (Å²) in [4.78, 5) is 39.7. The molecule has 2 aromatic carbocycles. The zero-order valence-electron chi connectivity index (χ0n) is 17.2. The number of non-ortho nitro benzene ring substituents is 1. The minimum absolute atomic E-state index is 0.0674. The summed E-state index contributed by atoms with van der Waals surface area (Å²) in [6.07, 6.45) is 0. The van der Waals surface area contributed by atoms with Gasteiger partial charge in [0.15, 0.2) is 0 Å². The molecule has 1 aliphatic rings. The molecular formula is C21H21N3O7. The summed E-state index contributed by atoms with van der Waals surface area (Å²) in [6, 6.07) is 10.1. The Balaban J connectivity index is 2.16. The second kappa shape index (κ2) is 8.84. The molecule has 2 amide bonds. The summed E-state index contributed by atoms with van der Waals surface area (Å²) >= 11 is 0. The van der Waals surface area contributed by atoms with Gasteiger partial charge in [0, 0.05) is 31.8 Å². The summed E-state index contributed by atoms with van der Waals surface area (Å²) in [5.41, 5.74) is 0.535. The topological polar surface area (TPSA) is 122 Å². The molecule has 1 aliphatic heterocycles. The van der Waals surface area contributed by atoms with Crippen LogP contribution in [0.1, 0.15) is 5.56 Å². The number of carbonyl (C=O) groups is 2. The van der Waals surface area contributed by atoms with Crippen molar-refractivity contribution < 1.29 is 29.1 Å². The van der Waals surface area contributed by atoms with Crippen LogP contribution in [0, 0.1) is 10.1 Å². The van der Waals surface area contributed by atoms with Crippen LogP contribution in [-0.4, -0.2) is 61.2 Å². The molecule has 2 aromatic rings. The first-order valence-electron chi connectivity index (χ1n) is 9.26. The Morgan fingerprint density at radius 1 is 1.06 bits per heavy atom. The Hall–Kier alpha value is -3.92. The van der Waals surface area contributed by atoms with Gasteiger partial charge in [-0.15, -0.1) is 0 Å². The van der Waals surface area contributed by atoms with Gasteiger partial charge in [0.1, 0.15) is 17.2 Å². The van der Waals surface area contributed by atoms with E-state index < -0.39 is 16.7 Å². The van der Waals surface area contributed by atoms with Crippen LogP contribution in [0.4, 0.5) is 11.4 Å². The van der Waals surface area contributed by atoms with Crippen LogP contribution in [0.3, 0.4) is 0 Å². The van der Waals surface area contributed by atoms with E-state index in [2.05, 4.69) is 0 Å². The van der Waals surface area contributed by atoms with E-state index >= 15 is 0 Å². The van der Waals surface area contributed by atoms with Crippen molar-refractivity contribution in [3.8, 4) is 11.5 Å². The lowest BCUT2D eigenvalue weighted by molar-refractivity contribution is -0.384. The molecule has 0 saturated carbocycles. The maximum Gasteiger partial charge on any atom is 0.282 e. The van der Waals surface area contributed by atoms with Crippen molar-refractivity contribution in [1.29, 1.82) is 0 Å². The predicted molar refractivity (Wildman–Crippen MR) is 112 cm³/mol. The molecule has 10 nitrogen and oxygen atoms in total. The fourth-order valence-corrected chi connectivity index (χ4v) is 3.33. The van der Waals surface area contributed by atoms with Crippen LogP contribution in [-0.2, 0) is 9.59 Å². The number of ether oxygens (including phenoxy) is 2. The number of carbonyl (C=O) groups excluding carboxylic acids is 2. The fourth-order valence-electron chi connectivity index (χ4n) is 3.33. The van der Waals surface area contributed by atoms with Crippen molar-refractivity contribution in [2.24, 2.45) is 0 Å². The standard InChI is InChI=1S/C21H21N3O7/c1-22(10-11-25)19-18(13-4-6-14(7-5-13)24(28)29)20(26)23(21(19)27)16-12-15(30-2)8-9-17(16)31-3/h4-9,12,25H,10-11H2,1-3H3. The summed E-state index contributed by atoms with van der Waals surface area (Å²) in [5, 5.41) is 20.3. The number of aliphatic hydroxyl groups excluding tert-OH is 1. The van der Waals surface area contributed by atoms with Gasteiger partial charge in [0.05, 0.1) is 37.0 Å². The zero-order valence-corrected chi connectivity index (χ0v) is 17.2. The van der Waals surface area contributed by atoms with Gasteiger partial charge in [-0.3, -0.25) is 19.7 Å². The van der Waals surface area contributed by atoms with Crippen molar-refractivity contribution in [2.45, 2.75) is 0 Å². The maximum absolute atomic E-state index is 13.5. The molecule has 0 unspecified atom stereocenters. The average Bonchev–Trinajstić information content (AvgIpc) is 3.03.